The first-order valence-corrected chi connectivity index (χ1v) is 6.71. The third kappa shape index (κ3) is 3.54. The van der Waals surface area contributed by atoms with Gasteiger partial charge in [-0.15, -0.1) is 0 Å². The molecule has 17 heavy (non-hydrogen) atoms. The molecule has 0 spiro atoms. The number of morpholine rings is 1. The molecule has 0 aliphatic carbocycles. The topological polar surface area (TPSA) is 41.6 Å². The van der Waals surface area contributed by atoms with E-state index in [9.17, 15) is 4.79 Å². The molecular weight excluding hydrogens is 354 g/mol. The second-order valence-electron chi connectivity index (χ2n) is 3.67. The lowest BCUT2D eigenvalue weighted by Crippen LogP contribution is -2.48. The molecule has 1 heterocycles. The Balaban J connectivity index is 2.01. The zero-order chi connectivity index (χ0) is 12.3. The number of carbonyl (C=O) groups excluding carboxylic acids is 1. The highest BCUT2D eigenvalue weighted by molar-refractivity contribution is 14.1. The molecule has 4 nitrogen and oxygen atoms in total. The average Bonchev–Trinajstić information content (AvgIpc) is 2.34. The van der Waals surface area contributed by atoms with Crippen molar-refractivity contribution in [2.45, 2.75) is 0 Å². The molecule has 1 aromatic rings. The predicted octanol–water partition coefficient (Wildman–Crippen LogP) is 1.92. The zero-order valence-electron chi connectivity index (χ0n) is 9.08. The molecule has 2 rings (SSSR count). The number of amides is 1. The monoisotopic (exact) mass is 366 g/mol. The smallest absolute Gasteiger partial charge is 0.265 e. The Labute approximate surface area is 118 Å². The van der Waals surface area contributed by atoms with Crippen LogP contribution in [-0.2, 0) is 4.74 Å². The van der Waals surface area contributed by atoms with Crippen LogP contribution < -0.4 is 5.43 Å². The molecule has 1 aliphatic rings. The fourth-order valence-corrected chi connectivity index (χ4v) is 2.04. The van der Waals surface area contributed by atoms with Gasteiger partial charge >= 0.3 is 0 Å². The number of benzene rings is 1. The van der Waals surface area contributed by atoms with Crippen molar-refractivity contribution in [3.63, 3.8) is 0 Å². The molecule has 1 fully saturated rings. The Kier molecular flexibility index (Phi) is 4.61. The highest BCUT2D eigenvalue weighted by Gasteiger charge is 2.14. The molecule has 0 radical (unpaired) electrons. The minimum Gasteiger partial charge on any atom is -0.379 e. The molecule has 1 N–H and O–H groups in total. The lowest BCUT2D eigenvalue weighted by molar-refractivity contribution is 0.0126. The van der Waals surface area contributed by atoms with Crippen LogP contribution in [0, 0.1) is 3.57 Å². The van der Waals surface area contributed by atoms with E-state index < -0.39 is 0 Å². The number of carbonyl (C=O) groups is 1. The van der Waals surface area contributed by atoms with Crippen molar-refractivity contribution >= 4 is 40.1 Å². The van der Waals surface area contributed by atoms with E-state index in [1.54, 1.807) is 12.1 Å². The van der Waals surface area contributed by atoms with Gasteiger partial charge in [0.25, 0.3) is 5.91 Å². The summed E-state index contributed by atoms with van der Waals surface area (Å²) in [4.78, 5) is 11.9. The lowest BCUT2D eigenvalue weighted by Gasteiger charge is -2.26. The summed E-state index contributed by atoms with van der Waals surface area (Å²) in [6.07, 6.45) is 0. The second-order valence-corrected chi connectivity index (χ2v) is 5.24. The van der Waals surface area contributed by atoms with E-state index in [-0.39, 0.29) is 5.91 Å². The highest BCUT2D eigenvalue weighted by atomic mass is 127. The first kappa shape index (κ1) is 13.1. The number of ether oxygens (including phenoxy) is 1. The largest absolute Gasteiger partial charge is 0.379 e. The molecule has 0 bridgehead atoms. The average molecular weight is 367 g/mol. The second kappa shape index (κ2) is 5.99. The third-order valence-electron chi connectivity index (χ3n) is 2.45. The normalized spacial score (nSPS) is 16.8. The first-order chi connectivity index (χ1) is 8.16. The molecule has 0 unspecified atom stereocenters. The Morgan fingerprint density at radius 1 is 1.41 bits per heavy atom. The maximum absolute atomic E-state index is 11.9. The number of hydrogen-bond acceptors (Lipinski definition) is 3. The number of hydrazine groups is 1. The number of halogens is 2. The molecular formula is C11H12ClIN2O2. The van der Waals surface area contributed by atoms with Gasteiger partial charge in [0.05, 0.1) is 18.2 Å². The van der Waals surface area contributed by atoms with Gasteiger partial charge in [0.1, 0.15) is 0 Å². The number of nitrogens with zero attached hydrogens (tertiary/aromatic N) is 1. The van der Waals surface area contributed by atoms with Gasteiger partial charge in [-0.25, -0.2) is 5.01 Å². The van der Waals surface area contributed by atoms with Crippen molar-refractivity contribution in [3.05, 3.63) is 32.4 Å². The summed E-state index contributed by atoms with van der Waals surface area (Å²) in [5.74, 6) is -0.134. The Morgan fingerprint density at radius 3 is 2.76 bits per heavy atom. The molecule has 0 atom stereocenters. The summed E-state index contributed by atoms with van der Waals surface area (Å²) in [5.41, 5.74) is 3.41. The van der Waals surface area contributed by atoms with Crippen LogP contribution in [0.2, 0.25) is 5.02 Å². The Bertz CT molecular complexity index is 422. The van der Waals surface area contributed by atoms with Crippen molar-refractivity contribution in [2.75, 3.05) is 26.3 Å². The van der Waals surface area contributed by atoms with Crippen LogP contribution in [0.4, 0.5) is 0 Å². The van der Waals surface area contributed by atoms with Gasteiger partial charge in [0, 0.05) is 22.2 Å². The highest BCUT2D eigenvalue weighted by Crippen LogP contribution is 2.19. The maximum atomic E-state index is 11.9. The summed E-state index contributed by atoms with van der Waals surface area (Å²) < 4.78 is 6.14. The van der Waals surface area contributed by atoms with E-state index in [0.29, 0.717) is 36.9 Å². The van der Waals surface area contributed by atoms with Gasteiger partial charge in [0.15, 0.2) is 0 Å². The van der Waals surface area contributed by atoms with Crippen molar-refractivity contribution in [1.29, 1.82) is 0 Å². The minimum atomic E-state index is -0.134. The summed E-state index contributed by atoms with van der Waals surface area (Å²) in [6, 6.07) is 5.28. The van der Waals surface area contributed by atoms with Crippen molar-refractivity contribution in [3.8, 4) is 0 Å². The molecule has 92 valence electrons. The van der Waals surface area contributed by atoms with Gasteiger partial charge in [-0.1, -0.05) is 11.6 Å². The SMILES string of the molecule is O=C(NN1CCOCC1)c1ccc(I)c(Cl)c1. The molecule has 6 heteroatoms. The van der Waals surface area contributed by atoms with Gasteiger partial charge < -0.3 is 4.74 Å². The van der Waals surface area contributed by atoms with Crippen LogP contribution in [-0.4, -0.2) is 37.2 Å². The van der Waals surface area contributed by atoms with E-state index in [1.807, 2.05) is 11.1 Å². The number of rotatable bonds is 2. The zero-order valence-corrected chi connectivity index (χ0v) is 12.0. The molecule has 1 aromatic carbocycles. The maximum Gasteiger partial charge on any atom is 0.265 e. The van der Waals surface area contributed by atoms with E-state index >= 15 is 0 Å². The quantitative estimate of drug-likeness (QED) is 0.813. The van der Waals surface area contributed by atoms with Crippen LogP contribution in [0.15, 0.2) is 18.2 Å². The van der Waals surface area contributed by atoms with E-state index in [1.165, 1.54) is 0 Å². The molecule has 0 saturated carbocycles. The Hall–Kier alpha value is -0.370. The van der Waals surface area contributed by atoms with Crippen LogP contribution in [0.1, 0.15) is 10.4 Å². The van der Waals surface area contributed by atoms with Crippen LogP contribution in [0.25, 0.3) is 0 Å². The van der Waals surface area contributed by atoms with Crippen LogP contribution >= 0.6 is 34.2 Å². The standard InChI is InChI=1S/C11H12ClIN2O2/c12-9-7-8(1-2-10(9)13)11(16)14-15-3-5-17-6-4-15/h1-2,7H,3-6H2,(H,14,16). The predicted molar refractivity (Wildman–Crippen MR) is 74.0 cm³/mol. The van der Waals surface area contributed by atoms with E-state index in [4.69, 9.17) is 16.3 Å². The van der Waals surface area contributed by atoms with Gasteiger partial charge in [-0.05, 0) is 40.8 Å². The number of hydrogen-bond donors (Lipinski definition) is 1. The lowest BCUT2D eigenvalue weighted by atomic mass is 10.2. The first-order valence-electron chi connectivity index (χ1n) is 5.25. The summed E-state index contributed by atoms with van der Waals surface area (Å²) in [6.45, 7) is 2.72. The molecule has 1 saturated heterocycles. The third-order valence-corrected chi connectivity index (χ3v) is 4.02. The summed E-state index contributed by atoms with van der Waals surface area (Å²) in [7, 11) is 0. The molecule has 1 aliphatic heterocycles. The van der Waals surface area contributed by atoms with Gasteiger partial charge in [-0.3, -0.25) is 10.2 Å². The summed E-state index contributed by atoms with van der Waals surface area (Å²) in [5, 5.41) is 2.46. The minimum absolute atomic E-state index is 0.134. The molecule has 1 amide bonds. The number of nitrogens with one attached hydrogen (secondary N) is 1. The van der Waals surface area contributed by atoms with Crippen LogP contribution in [0.3, 0.4) is 0 Å². The van der Waals surface area contributed by atoms with Crippen molar-refractivity contribution in [2.24, 2.45) is 0 Å². The van der Waals surface area contributed by atoms with Gasteiger partial charge in [0.2, 0.25) is 0 Å². The van der Waals surface area contributed by atoms with Crippen molar-refractivity contribution < 1.29 is 9.53 Å². The summed E-state index contributed by atoms with van der Waals surface area (Å²) >= 11 is 8.11. The van der Waals surface area contributed by atoms with E-state index in [2.05, 4.69) is 28.0 Å². The van der Waals surface area contributed by atoms with Gasteiger partial charge in [-0.2, -0.15) is 0 Å². The fourth-order valence-electron chi connectivity index (χ4n) is 1.52. The van der Waals surface area contributed by atoms with E-state index in [0.717, 1.165) is 3.57 Å². The Morgan fingerprint density at radius 2 is 2.12 bits per heavy atom. The fraction of sp³-hybridized carbons (Fsp3) is 0.364. The van der Waals surface area contributed by atoms with Crippen molar-refractivity contribution in [1.82, 2.24) is 10.4 Å². The molecule has 0 aromatic heterocycles. The van der Waals surface area contributed by atoms with Crippen LogP contribution in [0.5, 0.6) is 0 Å².